The third kappa shape index (κ3) is 2.75. The number of hydrogen-bond acceptors (Lipinski definition) is 6. The van der Waals surface area contributed by atoms with Crippen LogP contribution in [0.5, 0.6) is 5.75 Å². The van der Waals surface area contributed by atoms with E-state index in [0.29, 0.717) is 11.5 Å². The molecule has 6 nitrogen and oxygen atoms in total. The van der Waals surface area contributed by atoms with Crippen LogP contribution in [0.1, 0.15) is 11.9 Å². The average molecular weight is 370 g/mol. The van der Waals surface area contributed by atoms with Crippen molar-refractivity contribution in [2.75, 3.05) is 17.7 Å². The summed E-state index contributed by atoms with van der Waals surface area (Å²) in [6, 6.07) is 12.3. The largest absolute Gasteiger partial charge is 0.496 e. The highest BCUT2D eigenvalue weighted by atomic mass is 16.5. The second-order valence-electron chi connectivity index (χ2n) is 6.62. The van der Waals surface area contributed by atoms with Gasteiger partial charge in [-0.3, -0.25) is 0 Å². The zero-order valence-corrected chi connectivity index (χ0v) is 15.2. The third-order valence-electron chi connectivity index (χ3n) is 4.83. The van der Waals surface area contributed by atoms with Crippen LogP contribution in [0.25, 0.3) is 10.8 Å². The molecule has 28 heavy (non-hydrogen) atoms. The van der Waals surface area contributed by atoms with E-state index in [1.807, 2.05) is 41.6 Å². The molecule has 0 saturated carbocycles. The first kappa shape index (κ1) is 16.4. The number of ether oxygens (including phenoxy) is 2. The molecule has 3 aromatic rings. The van der Waals surface area contributed by atoms with Crippen LogP contribution < -0.4 is 15.4 Å². The Morgan fingerprint density at radius 2 is 2.00 bits per heavy atom. The lowest BCUT2D eigenvalue weighted by molar-refractivity contribution is 0.174. The van der Waals surface area contributed by atoms with Crippen LogP contribution in [0.2, 0.25) is 0 Å². The van der Waals surface area contributed by atoms with Crippen LogP contribution in [0.4, 0.5) is 11.4 Å². The molecule has 1 atom stereocenters. The first-order valence-corrected chi connectivity index (χ1v) is 8.93. The van der Waals surface area contributed by atoms with E-state index in [1.54, 1.807) is 19.5 Å². The van der Waals surface area contributed by atoms with Gasteiger partial charge in [-0.05, 0) is 41.8 Å². The molecule has 2 N–H and O–H groups in total. The fourth-order valence-corrected chi connectivity index (χ4v) is 3.42. The predicted octanol–water partition coefficient (Wildman–Crippen LogP) is 4.09. The van der Waals surface area contributed by atoms with Gasteiger partial charge < -0.3 is 20.1 Å². The van der Waals surface area contributed by atoms with E-state index < -0.39 is 0 Å². The summed E-state index contributed by atoms with van der Waals surface area (Å²) in [7, 11) is 1.69. The summed E-state index contributed by atoms with van der Waals surface area (Å²) in [6.07, 6.45) is 10.9. The average Bonchev–Trinajstić information content (AvgIpc) is 3.16. The Bertz CT molecular complexity index is 1150. The molecule has 0 saturated heterocycles. The summed E-state index contributed by atoms with van der Waals surface area (Å²) < 4.78 is 11.5. The monoisotopic (exact) mass is 370 g/mol. The summed E-state index contributed by atoms with van der Waals surface area (Å²) in [4.78, 5) is 10.6. The van der Waals surface area contributed by atoms with Crippen LogP contribution in [0, 0.1) is 0 Å². The third-order valence-corrected chi connectivity index (χ3v) is 4.83. The lowest BCUT2D eigenvalue weighted by Crippen LogP contribution is -2.12. The van der Waals surface area contributed by atoms with E-state index in [1.165, 1.54) is 0 Å². The molecular weight excluding hydrogens is 352 g/mol. The molecule has 3 heterocycles. The number of benzene rings is 2. The van der Waals surface area contributed by atoms with Gasteiger partial charge in [0.05, 0.1) is 31.4 Å². The zero-order chi connectivity index (χ0) is 19.1. The number of nitrogens with zero attached hydrogens (tertiary/aromatic N) is 3. The highest BCUT2D eigenvalue weighted by molar-refractivity contribution is 5.91. The van der Waals surface area contributed by atoms with Crippen molar-refractivity contribution >= 4 is 22.1 Å². The minimum Gasteiger partial charge on any atom is -0.496 e. The quantitative estimate of drug-likeness (QED) is 0.748. The Labute approximate surface area is 162 Å². The highest BCUT2D eigenvalue weighted by Gasteiger charge is 2.27. The van der Waals surface area contributed by atoms with Gasteiger partial charge in [-0.2, -0.15) is 0 Å². The molecule has 2 aliphatic heterocycles. The van der Waals surface area contributed by atoms with Crippen molar-refractivity contribution in [3.63, 3.8) is 0 Å². The number of nitrogen functional groups attached to an aromatic ring is 1. The Morgan fingerprint density at radius 3 is 2.82 bits per heavy atom. The SMILES string of the molecule is COc1cccc2cc(N3C=CC4=CC(c5ncc(N)cn5)OC4=C3)ccc12. The van der Waals surface area contributed by atoms with Crippen LogP contribution in [-0.4, -0.2) is 17.1 Å². The number of hydrogen-bond donors (Lipinski definition) is 1. The molecule has 0 radical (unpaired) electrons. The lowest BCUT2D eigenvalue weighted by Gasteiger charge is -2.21. The molecule has 1 unspecified atom stereocenters. The summed E-state index contributed by atoms with van der Waals surface area (Å²) in [5.74, 6) is 2.25. The van der Waals surface area contributed by atoms with E-state index in [9.17, 15) is 0 Å². The summed E-state index contributed by atoms with van der Waals surface area (Å²) in [5, 5.41) is 2.20. The van der Waals surface area contributed by atoms with Crippen molar-refractivity contribution in [2.24, 2.45) is 0 Å². The number of rotatable bonds is 3. The molecule has 0 amide bonds. The molecule has 138 valence electrons. The van der Waals surface area contributed by atoms with Gasteiger partial charge in [0.1, 0.15) is 11.5 Å². The molecule has 2 aromatic carbocycles. The summed E-state index contributed by atoms with van der Waals surface area (Å²) in [5.41, 5.74) is 8.26. The van der Waals surface area contributed by atoms with Crippen LogP contribution in [0.3, 0.4) is 0 Å². The van der Waals surface area contributed by atoms with Crippen LogP contribution in [-0.2, 0) is 4.74 Å². The second kappa shape index (κ2) is 6.42. The fraction of sp³-hybridized carbons (Fsp3) is 0.0909. The van der Waals surface area contributed by atoms with Crippen LogP contribution >= 0.6 is 0 Å². The fourth-order valence-electron chi connectivity index (χ4n) is 3.42. The normalized spacial score (nSPS) is 17.8. The molecular formula is C22H18N4O2. The van der Waals surface area contributed by atoms with E-state index in [-0.39, 0.29) is 6.10 Å². The Morgan fingerprint density at radius 1 is 1.14 bits per heavy atom. The molecule has 0 fully saturated rings. The number of nitrogens with two attached hydrogens (primary N) is 1. The van der Waals surface area contributed by atoms with Crippen molar-refractivity contribution in [1.82, 2.24) is 9.97 Å². The summed E-state index contributed by atoms with van der Waals surface area (Å²) in [6.45, 7) is 0. The molecule has 5 rings (SSSR count). The van der Waals surface area contributed by atoms with Gasteiger partial charge in [-0.25, -0.2) is 9.97 Å². The Hall–Kier alpha value is -3.80. The minimum atomic E-state index is -0.313. The molecule has 0 aliphatic carbocycles. The number of anilines is 2. The maximum absolute atomic E-state index is 6.06. The first-order valence-electron chi connectivity index (χ1n) is 8.93. The molecule has 0 spiro atoms. The van der Waals surface area contributed by atoms with Crippen molar-refractivity contribution < 1.29 is 9.47 Å². The second-order valence-corrected chi connectivity index (χ2v) is 6.62. The summed E-state index contributed by atoms with van der Waals surface area (Å²) >= 11 is 0. The minimum absolute atomic E-state index is 0.313. The van der Waals surface area contributed by atoms with Gasteiger partial charge in [0, 0.05) is 22.8 Å². The number of methoxy groups -OCH3 is 1. The zero-order valence-electron chi connectivity index (χ0n) is 15.2. The van der Waals surface area contributed by atoms with Gasteiger partial charge in [0.25, 0.3) is 0 Å². The topological polar surface area (TPSA) is 73.5 Å². The standard InChI is InChI=1S/C22H18N4O2/c1-27-19-4-2-3-14-9-17(5-6-18(14)19)26-8-7-15-10-20(28-21(15)13-26)22-24-11-16(23)12-25-22/h2-13,20H,23H2,1H3. The van der Waals surface area contributed by atoms with Crippen molar-refractivity contribution in [3.8, 4) is 5.75 Å². The highest BCUT2D eigenvalue weighted by Crippen LogP contribution is 2.37. The van der Waals surface area contributed by atoms with E-state index in [0.717, 1.165) is 33.5 Å². The van der Waals surface area contributed by atoms with E-state index in [2.05, 4.69) is 34.2 Å². The predicted molar refractivity (Wildman–Crippen MR) is 109 cm³/mol. The number of allylic oxidation sites excluding steroid dienone is 1. The number of aromatic nitrogens is 2. The lowest BCUT2D eigenvalue weighted by atomic mass is 10.1. The van der Waals surface area contributed by atoms with Crippen molar-refractivity contribution in [1.29, 1.82) is 0 Å². The Kier molecular flexibility index (Phi) is 3.76. The smallest absolute Gasteiger partial charge is 0.177 e. The van der Waals surface area contributed by atoms with Gasteiger partial charge >= 0.3 is 0 Å². The molecule has 2 aliphatic rings. The van der Waals surface area contributed by atoms with Gasteiger partial charge in [-0.1, -0.05) is 12.1 Å². The van der Waals surface area contributed by atoms with Gasteiger partial charge in [-0.15, -0.1) is 0 Å². The molecule has 1 aromatic heterocycles. The van der Waals surface area contributed by atoms with Crippen molar-refractivity contribution in [3.05, 3.63) is 90.5 Å². The molecule has 0 bridgehead atoms. The maximum Gasteiger partial charge on any atom is 0.177 e. The number of fused-ring (bicyclic) bond motifs is 2. The van der Waals surface area contributed by atoms with Gasteiger partial charge in [0.2, 0.25) is 0 Å². The molecule has 6 heteroatoms. The maximum atomic E-state index is 6.06. The van der Waals surface area contributed by atoms with E-state index in [4.69, 9.17) is 15.2 Å². The first-order chi connectivity index (χ1) is 13.7. The van der Waals surface area contributed by atoms with E-state index >= 15 is 0 Å². The Balaban J connectivity index is 1.44. The van der Waals surface area contributed by atoms with Gasteiger partial charge in [0.15, 0.2) is 11.9 Å². The van der Waals surface area contributed by atoms with Crippen LogP contribution in [0.15, 0.2) is 84.7 Å². The van der Waals surface area contributed by atoms with Crippen molar-refractivity contribution in [2.45, 2.75) is 6.10 Å².